The number of benzene rings is 2. The highest BCUT2D eigenvalue weighted by Gasteiger charge is 2.31. The van der Waals surface area contributed by atoms with Crippen LogP contribution in [0, 0.1) is 11.7 Å². The Balaban J connectivity index is 1.71. The molecule has 156 valence electrons. The van der Waals surface area contributed by atoms with Crippen molar-refractivity contribution < 1.29 is 18.7 Å². The maximum absolute atomic E-state index is 13.7. The second-order valence-corrected chi connectivity index (χ2v) is 8.73. The second-order valence-electron chi connectivity index (χ2n) is 7.82. The van der Waals surface area contributed by atoms with Crippen molar-refractivity contribution in [2.75, 3.05) is 19.0 Å². The van der Waals surface area contributed by atoms with Crippen LogP contribution >= 0.6 is 11.3 Å². The fourth-order valence-electron chi connectivity index (χ4n) is 3.64. The van der Waals surface area contributed by atoms with E-state index in [0.29, 0.717) is 30.4 Å². The van der Waals surface area contributed by atoms with Crippen molar-refractivity contribution in [2.45, 2.75) is 26.2 Å². The average Bonchev–Trinajstić information content (AvgIpc) is 3.15. The van der Waals surface area contributed by atoms with Crippen molar-refractivity contribution in [3.8, 4) is 22.6 Å². The number of nitrogens with one attached hydrogen (secondary N) is 1. The van der Waals surface area contributed by atoms with Gasteiger partial charge in [-0.05, 0) is 41.3 Å². The first-order chi connectivity index (χ1) is 14.5. The third kappa shape index (κ3) is 4.05. The van der Waals surface area contributed by atoms with Crippen LogP contribution in [0.2, 0.25) is 0 Å². The molecule has 0 fully saturated rings. The smallest absolute Gasteiger partial charge is 0.225 e. The summed E-state index contributed by atoms with van der Waals surface area (Å²) in [6.07, 6.45) is 0.353. The molecule has 1 aromatic heterocycles. The molecule has 30 heavy (non-hydrogen) atoms. The van der Waals surface area contributed by atoms with E-state index < -0.39 is 0 Å². The van der Waals surface area contributed by atoms with E-state index in [0.717, 1.165) is 27.3 Å². The summed E-state index contributed by atoms with van der Waals surface area (Å²) in [6, 6.07) is 12.3. The zero-order valence-electron chi connectivity index (χ0n) is 17.2. The monoisotopic (exact) mass is 425 g/mol. The molecule has 6 heteroatoms. The lowest BCUT2D eigenvalue weighted by Crippen LogP contribution is -2.22. The van der Waals surface area contributed by atoms with Gasteiger partial charge >= 0.3 is 0 Å². The summed E-state index contributed by atoms with van der Waals surface area (Å²) in [7, 11) is 1.62. The first kappa shape index (κ1) is 20.4. The number of ether oxygens (including phenoxy) is 2. The highest BCUT2D eigenvalue weighted by atomic mass is 32.1. The highest BCUT2D eigenvalue weighted by molar-refractivity contribution is 7.11. The van der Waals surface area contributed by atoms with Crippen LogP contribution in [0.4, 0.5) is 10.1 Å². The number of carbonyl (C=O) groups is 1. The SMILES string of the molecule is COc1cc([C@H]2CC(=O)Nc3c(-c4cccc(F)c4)csc32)ccc1OCC(C)C. The van der Waals surface area contributed by atoms with E-state index in [1.54, 1.807) is 24.5 Å². The van der Waals surface area contributed by atoms with Crippen LogP contribution in [0.5, 0.6) is 11.5 Å². The van der Waals surface area contributed by atoms with Crippen molar-refractivity contribution in [3.63, 3.8) is 0 Å². The van der Waals surface area contributed by atoms with Gasteiger partial charge in [-0.15, -0.1) is 11.3 Å². The first-order valence-corrected chi connectivity index (χ1v) is 10.8. The van der Waals surface area contributed by atoms with Crippen molar-refractivity contribution in [1.82, 2.24) is 0 Å². The predicted molar refractivity (Wildman–Crippen MR) is 118 cm³/mol. The van der Waals surface area contributed by atoms with Gasteiger partial charge in [0.25, 0.3) is 0 Å². The number of carbonyl (C=O) groups excluding carboxylic acids is 1. The van der Waals surface area contributed by atoms with Gasteiger partial charge in [-0.3, -0.25) is 4.79 Å². The molecule has 0 unspecified atom stereocenters. The third-order valence-electron chi connectivity index (χ3n) is 5.09. The molecule has 1 aliphatic rings. The molecule has 3 aromatic rings. The number of rotatable bonds is 6. The molecule has 0 aliphatic carbocycles. The van der Waals surface area contributed by atoms with Gasteiger partial charge in [0.2, 0.25) is 5.91 Å². The Morgan fingerprint density at radius 1 is 1.20 bits per heavy atom. The van der Waals surface area contributed by atoms with Gasteiger partial charge in [0, 0.05) is 28.2 Å². The van der Waals surface area contributed by atoms with Crippen LogP contribution in [-0.4, -0.2) is 19.6 Å². The number of halogens is 1. The van der Waals surface area contributed by atoms with Gasteiger partial charge in [0.1, 0.15) is 5.82 Å². The Labute approximate surface area is 179 Å². The van der Waals surface area contributed by atoms with Crippen LogP contribution in [0.15, 0.2) is 47.8 Å². The number of thiophene rings is 1. The van der Waals surface area contributed by atoms with Gasteiger partial charge in [-0.1, -0.05) is 32.0 Å². The molecule has 0 bridgehead atoms. The van der Waals surface area contributed by atoms with Crippen molar-refractivity contribution in [1.29, 1.82) is 0 Å². The van der Waals surface area contributed by atoms with Gasteiger partial charge in [0.15, 0.2) is 11.5 Å². The Kier molecular flexibility index (Phi) is 5.77. The van der Waals surface area contributed by atoms with Crippen LogP contribution in [0.1, 0.15) is 36.6 Å². The van der Waals surface area contributed by atoms with E-state index >= 15 is 0 Å². The van der Waals surface area contributed by atoms with E-state index in [-0.39, 0.29) is 17.6 Å². The molecule has 2 heterocycles. The maximum Gasteiger partial charge on any atom is 0.225 e. The fraction of sp³-hybridized carbons (Fsp3) is 0.292. The molecule has 4 rings (SSSR count). The number of fused-ring (bicyclic) bond motifs is 1. The molecular weight excluding hydrogens is 401 g/mol. The highest BCUT2D eigenvalue weighted by Crippen LogP contribution is 2.47. The fourth-order valence-corrected chi connectivity index (χ4v) is 4.80. The van der Waals surface area contributed by atoms with E-state index in [4.69, 9.17) is 9.47 Å². The molecule has 1 amide bonds. The molecule has 2 aromatic carbocycles. The summed E-state index contributed by atoms with van der Waals surface area (Å²) in [4.78, 5) is 13.6. The first-order valence-electron chi connectivity index (χ1n) is 9.94. The molecular formula is C24H24FNO3S. The van der Waals surface area contributed by atoms with Crippen LogP contribution < -0.4 is 14.8 Å². The number of amides is 1. The Morgan fingerprint density at radius 2 is 2.03 bits per heavy atom. The van der Waals surface area contributed by atoms with Crippen molar-refractivity contribution >= 4 is 22.9 Å². The minimum atomic E-state index is -0.298. The molecule has 0 spiro atoms. The molecule has 0 saturated carbocycles. The van der Waals surface area contributed by atoms with E-state index in [9.17, 15) is 9.18 Å². The second kappa shape index (κ2) is 8.48. The molecule has 0 saturated heterocycles. The summed E-state index contributed by atoms with van der Waals surface area (Å²) in [5, 5.41) is 4.97. The third-order valence-corrected chi connectivity index (χ3v) is 6.18. The minimum absolute atomic E-state index is 0.0531. The summed E-state index contributed by atoms with van der Waals surface area (Å²) in [5.74, 6) is 1.32. The van der Waals surface area contributed by atoms with Crippen LogP contribution in [0.25, 0.3) is 11.1 Å². The lowest BCUT2D eigenvalue weighted by molar-refractivity contribution is -0.116. The maximum atomic E-state index is 13.7. The Bertz CT molecular complexity index is 1080. The number of anilines is 1. The van der Waals surface area contributed by atoms with E-state index in [1.807, 2.05) is 29.6 Å². The quantitative estimate of drug-likeness (QED) is 0.521. The molecule has 4 nitrogen and oxygen atoms in total. The minimum Gasteiger partial charge on any atom is -0.493 e. The molecule has 0 radical (unpaired) electrons. The van der Waals surface area contributed by atoms with Gasteiger partial charge in [-0.2, -0.15) is 0 Å². The topological polar surface area (TPSA) is 47.6 Å². The standard InChI is InChI=1S/C24H24FNO3S/c1-14(2)12-29-20-8-7-16(10-21(20)28-3)18-11-22(27)26-23-19(13-30-24(18)23)15-5-4-6-17(25)9-15/h4-10,13-14,18H,11-12H2,1-3H3,(H,26,27)/t18-/m1/s1. The summed E-state index contributed by atoms with van der Waals surface area (Å²) in [5.41, 5.74) is 3.36. The number of methoxy groups -OCH3 is 1. The number of hydrogen-bond donors (Lipinski definition) is 1. The van der Waals surface area contributed by atoms with Gasteiger partial charge < -0.3 is 14.8 Å². The summed E-state index contributed by atoms with van der Waals surface area (Å²) < 4.78 is 25.1. The summed E-state index contributed by atoms with van der Waals surface area (Å²) >= 11 is 1.58. The zero-order chi connectivity index (χ0) is 21.3. The lowest BCUT2D eigenvalue weighted by Gasteiger charge is -2.24. The van der Waals surface area contributed by atoms with Crippen molar-refractivity contribution in [2.24, 2.45) is 5.92 Å². The largest absolute Gasteiger partial charge is 0.493 e. The summed E-state index contributed by atoms with van der Waals surface area (Å²) in [6.45, 7) is 4.79. The van der Waals surface area contributed by atoms with Gasteiger partial charge in [0.05, 0.1) is 19.4 Å². The van der Waals surface area contributed by atoms with Gasteiger partial charge in [-0.25, -0.2) is 4.39 Å². The molecule has 1 aliphatic heterocycles. The molecule has 1 atom stereocenters. The number of hydrogen-bond acceptors (Lipinski definition) is 4. The van der Waals surface area contributed by atoms with E-state index in [2.05, 4.69) is 19.2 Å². The van der Waals surface area contributed by atoms with Crippen LogP contribution in [0.3, 0.4) is 0 Å². The molecule has 1 N–H and O–H groups in total. The lowest BCUT2D eigenvalue weighted by atomic mass is 9.89. The zero-order valence-corrected chi connectivity index (χ0v) is 18.0. The average molecular weight is 426 g/mol. The predicted octanol–water partition coefficient (Wildman–Crippen LogP) is 6.07. The van der Waals surface area contributed by atoms with Crippen molar-refractivity contribution in [3.05, 3.63) is 64.1 Å². The van der Waals surface area contributed by atoms with E-state index in [1.165, 1.54) is 12.1 Å². The van der Waals surface area contributed by atoms with Crippen LogP contribution in [-0.2, 0) is 4.79 Å². The Morgan fingerprint density at radius 3 is 2.77 bits per heavy atom. The normalized spacial score (nSPS) is 15.6. The Hall–Kier alpha value is -2.86.